The van der Waals surface area contributed by atoms with Crippen molar-refractivity contribution in [3.05, 3.63) is 0 Å². The molecular formula is C12H24N2O6Pt+4. The van der Waals surface area contributed by atoms with Gasteiger partial charge in [-0.25, -0.2) is 0 Å². The summed E-state index contributed by atoms with van der Waals surface area (Å²) in [6.45, 7) is 1.67. The molecule has 0 bridgehead atoms. The van der Waals surface area contributed by atoms with Crippen molar-refractivity contribution < 1.29 is 51.5 Å². The van der Waals surface area contributed by atoms with Crippen LogP contribution in [0, 0.1) is 17.3 Å². The van der Waals surface area contributed by atoms with E-state index in [1.54, 1.807) is 0 Å². The number of carboxylic acids is 2. The molecule has 0 aromatic rings. The van der Waals surface area contributed by atoms with Gasteiger partial charge in [0.1, 0.15) is 0 Å². The average Bonchev–Trinajstić information content (AvgIpc) is 2.24. The fraction of sp³-hybridized carbons (Fsp3) is 0.833. The van der Waals surface area contributed by atoms with Gasteiger partial charge in [0.2, 0.25) is 0 Å². The van der Waals surface area contributed by atoms with E-state index in [4.69, 9.17) is 26.8 Å². The first-order valence-corrected chi connectivity index (χ1v) is 6.42. The Labute approximate surface area is 137 Å². The molecule has 124 valence electrons. The van der Waals surface area contributed by atoms with E-state index in [2.05, 4.69) is 0 Å². The van der Waals surface area contributed by atoms with Crippen molar-refractivity contribution in [3.63, 3.8) is 0 Å². The third kappa shape index (κ3) is 5.00. The first kappa shape index (κ1) is 22.7. The fourth-order valence-electron chi connectivity index (χ4n) is 2.44. The van der Waals surface area contributed by atoms with E-state index in [-0.39, 0.29) is 39.4 Å². The Morgan fingerprint density at radius 1 is 1.00 bits per heavy atom. The van der Waals surface area contributed by atoms with Crippen LogP contribution in [0.25, 0.3) is 0 Å². The Bertz CT molecular complexity index is 319. The molecule has 0 aliphatic heterocycles. The van der Waals surface area contributed by atoms with Crippen molar-refractivity contribution in [2.45, 2.75) is 31.8 Å². The van der Waals surface area contributed by atoms with Gasteiger partial charge in [0.05, 0.1) is 6.10 Å². The van der Waals surface area contributed by atoms with Gasteiger partial charge in [-0.2, -0.15) is 0 Å². The molecule has 0 aromatic heterocycles. The Morgan fingerprint density at radius 2 is 1.33 bits per heavy atom. The predicted molar refractivity (Wildman–Crippen MR) is 70.9 cm³/mol. The molecule has 0 heterocycles. The molecule has 8 nitrogen and oxygen atoms in total. The summed E-state index contributed by atoms with van der Waals surface area (Å²) in [6.07, 6.45) is 1.47. The number of rotatable bonds is 4. The molecule has 9 heteroatoms. The van der Waals surface area contributed by atoms with Gasteiger partial charge in [-0.1, -0.05) is 0 Å². The molecule has 2 saturated carbocycles. The molecular weight excluding hydrogens is 463 g/mol. The minimum atomic E-state index is -1.72. The number of aliphatic carboxylic acids is 2. The number of hydrogen-bond acceptors (Lipinski definition) is 5. The summed E-state index contributed by atoms with van der Waals surface area (Å²) in [7, 11) is 0. The number of carboxylic acid groups (broad SMARTS) is 2. The zero-order valence-electron chi connectivity index (χ0n) is 11.6. The van der Waals surface area contributed by atoms with Gasteiger partial charge in [-0.15, -0.1) is 0 Å². The molecule has 2 aliphatic rings. The second-order valence-corrected chi connectivity index (χ2v) is 5.32. The Morgan fingerprint density at radius 3 is 1.43 bits per heavy atom. The van der Waals surface area contributed by atoms with E-state index in [1.165, 1.54) is 12.8 Å². The van der Waals surface area contributed by atoms with Crippen LogP contribution in [0.2, 0.25) is 0 Å². The minimum Gasteiger partial charge on any atom is -0.480 e. The SMILES string of the molecule is NCC1CCC1CN.O.O=C(O)C1(C(=O)O)CC(O)C1.[Pt+4]. The van der Waals surface area contributed by atoms with Crippen molar-refractivity contribution >= 4 is 11.9 Å². The van der Waals surface area contributed by atoms with Crippen molar-refractivity contribution in [2.75, 3.05) is 13.1 Å². The predicted octanol–water partition coefficient (Wildman–Crippen LogP) is -1.60. The molecule has 2 unspecified atom stereocenters. The molecule has 2 rings (SSSR count). The van der Waals surface area contributed by atoms with E-state index >= 15 is 0 Å². The van der Waals surface area contributed by atoms with Crippen LogP contribution in [0.5, 0.6) is 0 Å². The van der Waals surface area contributed by atoms with E-state index in [9.17, 15) is 9.59 Å². The minimum absolute atomic E-state index is 0. The van der Waals surface area contributed by atoms with Crippen molar-refractivity contribution in [1.82, 2.24) is 0 Å². The topological polar surface area (TPSA) is 178 Å². The third-order valence-corrected chi connectivity index (χ3v) is 4.17. The van der Waals surface area contributed by atoms with Crippen LogP contribution in [0.15, 0.2) is 0 Å². The van der Waals surface area contributed by atoms with E-state index in [1.807, 2.05) is 0 Å². The number of aliphatic hydroxyl groups is 1. The molecule has 0 aromatic carbocycles. The molecule has 9 N–H and O–H groups in total. The molecule has 2 fully saturated rings. The molecule has 0 amide bonds. The molecule has 21 heavy (non-hydrogen) atoms. The fourth-order valence-corrected chi connectivity index (χ4v) is 2.44. The summed E-state index contributed by atoms with van der Waals surface area (Å²) in [6, 6.07) is 0. The van der Waals surface area contributed by atoms with Crippen molar-refractivity contribution in [1.29, 1.82) is 0 Å². The number of hydrogen-bond donors (Lipinski definition) is 5. The molecule has 0 radical (unpaired) electrons. The summed E-state index contributed by atoms with van der Waals surface area (Å²) in [5.74, 6) is -1.23. The first-order chi connectivity index (χ1) is 8.87. The van der Waals surface area contributed by atoms with Crippen LogP contribution in [-0.2, 0) is 30.7 Å². The normalized spacial score (nSPS) is 25.7. The van der Waals surface area contributed by atoms with E-state index in [0.29, 0.717) is 0 Å². The third-order valence-electron chi connectivity index (χ3n) is 4.17. The summed E-state index contributed by atoms with van der Waals surface area (Å²) in [5.41, 5.74) is 9.17. The van der Waals surface area contributed by atoms with E-state index < -0.39 is 23.5 Å². The van der Waals surface area contributed by atoms with Gasteiger partial charge in [0.25, 0.3) is 0 Å². The number of carbonyl (C=O) groups is 2. The van der Waals surface area contributed by atoms with Gasteiger partial charge in [0.15, 0.2) is 5.41 Å². The van der Waals surface area contributed by atoms with Crippen molar-refractivity contribution in [3.8, 4) is 0 Å². The number of nitrogens with two attached hydrogens (primary N) is 2. The van der Waals surface area contributed by atoms with Gasteiger partial charge in [-0.05, 0) is 37.8 Å². The second kappa shape index (κ2) is 9.48. The monoisotopic (exact) mass is 487 g/mol. The smallest absolute Gasteiger partial charge is 0.480 e. The summed E-state index contributed by atoms with van der Waals surface area (Å²) >= 11 is 0. The summed E-state index contributed by atoms with van der Waals surface area (Å²) in [5, 5.41) is 25.7. The Kier molecular flexibility index (Phi) is 10.3. The van der Waals surface area contributed by atoms with E-state index in [0.717, 1.165) is 24.9 Å². The van der Waals surface area contributed by atoms with Crippen molar-refractivity contribution in [2.24, 2.45) is 28.7 Å². The second-order valence-electron chi connectivity index (χ2n) is 5.32. The maximum absolute atomic E-state index is 10.4. The van der Waals surface area contributed by atoms with Crippen LogP contribution in [-0.4, -0.2) is 51.9 Å². The van der Waals surface area contributed by atoms with Gasteiger partial charge in [0, 0.05) is 12.8 Å². The standard InChI is InChI=1S/C6H14N2.C6H8O5.H2O.Pt/c7-3-5-1-2-6(5)4-8;7-3-1-6(2-3,4(8)9)5(10)11;;/h5-6H,1-4,7-8H2;3,7H,1-2H2,(H,8,9)(H,10,11);1H2;/q;;;+4. The average molecular weight is 487 g/mol. The molecule has 0 spiro atoms. The summed E-state index contributed by atoms with van der Waals surface area (Å²) in [4.78, 5) is 20.8. The van der Waals surface area contributed by atoms with Crippen LogP contribution >= 0.6 is 0 Å². The first-order valence-electron chi connectivity index (χ1n) is 6.42. The maximum Gasteiger partial charge on any atom is 4.00 e. The van der Waals surface area contributed by atoms with Gasteiger partial charge >= 0.3 is 33.0 Å². The molecule has 0 saturated heterocycles. The Balaban J connectivity index is 0. The zero-order chi connectivity index (χ0) is 14.6. The largest absolute Gasteiger partial charge is 4.00 e. The van der Waals surface area contributed by atoms with Crippen LogP contribution in [0.3, 0.4) is 0 Å². The zero-order valence-corrected chi connectivity index (χ0v) is 13.9. The molecule has 2 atom stereocenters. The van der Waals surface area contributed by atoms with Gasteiger partial charge in [-0.3, -0.25) is 9.59 Å². The molecule has 2 aliphatic carbocycles. The number of aliphatic hydroxyl groups excluding tert-OH is 1. The Hall–Kier alpha value is -0.532. The van der Waals surface area contributed by atoms with Crippen LogP contribution < -0.4 is 11.5 Å². The van der Waals surface area contributed by atoms with Crippen LogP contribution in [0.1, 0.15) is 25.7 Å². The quantitative estimate of drug-likeness (QED) is 0.296. The van der Waals surface area contributed by atoms with Crippen LogP contribution in [0.4, 0.5) is 0 Å². The van der Waals surface area contributed by atoms with Gasteiger partial charge < -0.3 is 32.3 Å². The summed E-state index contributed by atoms with van der Waals surface area (Å²) < 4.78 is 0. The maximum atomic E-state index is 10.4.